The maximum absolute atomic E-state index is 14.1. The fraction of sp³-hybridized carbons (Fsp3) is 0.491. The van der Waals surface area contributed by atoms with Crippen molar-refractivity contribution in [1.82, 2.24) is 31.5 Å². The Labute approximate surface area is 416 Å². The zero-order valence-electron chi connectivity index (χ0n) is 41.3. The van der Waals surface area contributed by atoms with E-state index in [1.807, 2.05) is 124 Å². The molecule has 6 rings (SSSR count). The summed E-state index contributed by atoms with van der Waals surface area (Å²) >= 11 is 0.917. The number of ketones is 1. The number of Topliss-reactive ketones (excluding diaryl/α,β-unsaturated/α-hetero) is 1. The molecule has 0 aromatic heterocycles. The number of thioether (sulfide) groups is 1. The predicted molar refractivity (Wildman–Crippen MR) is 269 cm³/mol. The van der Waals surface area contributed by atoms with Crippen LogP contribution >= 0.6 is 11.8 Å². The largest absolute Gasteiger partial charge is 0.494 e. The minimum Gasteiger partial charge on any atom is -0.494 e. The van der Waals surface area contributed by atoms with Gasteiger partial charge in [0, 0.05) is 19.5 Å². The fourth-order valence-electron chi connectivity index (χ4n) is 7.78. The molecule has 0 aliphatic carbocycles. The highest BCUT2D eigenvalue weighted by atomic mass is 32.2. The molecule has 3 saturated heterocycles. The molecule has 5 N–H and O–H groups in total. The number of benzene rings is 3. The van der Waals surface area contributed by atoms with Crippen LogP contribution in [0.15, 0.2) is 89.8 Å². The molecule has 378 valence electrons. The normalized spacial score (nSPS) is 18.9. The highest BCUT2D eigenvalue weighted by Gasteiger charge is 2.50. The van der Waals surface area contributed by atoms with Crippen LogP contribution in [-0.4, -0.2) is 121 Å². The number of carbonyl (C=O) groups is 7. The Bertz CT molecular complexity index is 2250. The summed E-state index contributed by atoms with van der Waals surface area (Å²) in [7, 11) is 0. The van der Waals surface area contributed by atoms with Gasteiger partial charge in [0.2, 0.25) is 23.6 Å². The summed E-state index contributed by atoms with van der Waals surface area (Å²) in [6, 6.07) is 22.7. The van der Waals surface area contributed by atoms with Gasteiger partial charge in [-0.25, -0.2) is 0 Å². The van der Waals surface area contributed by atoms with Crippen molar-refractivity contribution < 1.29 is 47.8 Å². The van der Waals surface area contributed by atoms with Crippen LogP contribution in [-0.2, 0) is 51.1 Å². The van der Waals surface area contributed by atoms with Gasteiger partial charge in [0.1, 0.15) is 29.5 Å². The number of nitrogens with zero attached hydrogens (tertiary/aromatic N) is 1. The molecule has 3 fully saturated rings. The molecule has 3 aliphatic rings. The van der Waals surface area contributed by atoms with Gasteiger partial charge in [0.25, 0.3) is 11.1 Å². The van der Waals surface area contributed by atoms with Crippen LogP contribution in [0.2, 0.25) is 0 Å². The summed E-state index contributed by atoms with van der Waals surface area (Å²) in [5, 5.41) is 13.5. The third-order valence-corrected chi connectivity index (χ3v) is 12.5. The first-order valence-electron chi connectivity index (χ1n) is 24.3. The highest BCUT2D eigenvalue weighted by Crippen LogP contribution is 2.30. The highest BCUT2D eigenvalue weighted by molar-refractivity contribution is 8.18. The third kappa shape index (κ3) is 18.5. The molecule has 5 atom stereocenters. The van der Waals surface area contributed by atoms with Crippen molar-refractivity contribution in [3.8, 4) is 5.75 Å². The lowest BCUT2D eigenvalue weighted by molar-refractivity contribution is -0.135. The molecule has 17 heteroatoms. The second-order valence-electron chi connectivity index (χ2n) is 18.8. The second-order valence-corrected chi connectivity index (χ2v) is 19.8. The number of rotatable bonds is 24. The van der Waals surface area contributed by atoms with Gasteiger partial charge >= 0.3 is 0 Å². The first-order valence-corrected chi connectivity index (χ1v) is 25.1. The van der Waals surface area contributed by atoms with Gasteiger partial charge in [0.05, 0.1) is 43.9 Å². The average molecular weight is 983 g/mol. The molecule has 0 spiro atoms. The van der Waals surface area contributed by atoms with Crippen LogP contribution in [0.4, 0.5) is 4.79 Å². The Kier molecular flexibility index (Phi) is 21.6. The van der Waals surface area contributed by atoms with Gasteiger partial charge in [0.15, 0.2) is 5.78 Å². The van der Waals surface area contributed by atoms with Crippen molar-refractivity contribution in [2.24, 2.45) is 11.8 Å². The fourth-order valence-corrected chi connectivity index (χ4v) is 8.46. The van der Waals surface area contributed by atoms with Crippen molar-refractivity contribution in [2.75, 3.05) is 46.1 Å². The number of morpholine rings is 1. The molecule has 0 bridgehead atoms. The Morgan fingerprint density at radius 3 is 1.89 bits per heavy atom. The van der Waals surface area contributed by atoms with E-state index >= 15 is 0 Å². The predicted octanol–water partition coefficient (Wildman–Crippen LogP) is 5.38. The first kappa shape index (κ1) is 55.1. The molecule has 70 heavy (non-hydrogen) atoms. The molecule has 0 unspecified atom stereocenters. The van der Waals surface area contributed by atoms with E-state index < -0.39 is 47.5 Å². The standard InChI is InChI=1S/C40H57N5O7.C13H13NO3S/c1-27(2)22-32(36(47)40(5)26-52-40)42-39(50)34(24-30-14-10-7-11-15-30)44-38(49)33(23-28(3)4)43-37(48)31(17-16-29-12-8-6-9-13-29)41-35(46)25-45-18-20-51-21-19-45;1-2-7-17-10-5-3-9(4-6-10)8-11-12(15)14-13(16)18-11/h6-15,27-28,31-34H,16-26H2,1-5H3,(H,41,46)(H,42,50)(H,43,48)(H,44,49);3-6,8H,2,7H2,1H3,(H,14,15,16)/b;11-8-/t31-,32-,33-,34-,40+;/m0./s1. The molecule has 3 heterocycles. The van der Waals surface area contributed by atoms with Gasteiger partial charge in [-0.1, -0.05) is 107 Å². The summed E-state index contributed by atoms with van der Waals surface area (Å²) in [5.41, 5.74) is 1.78. The molecule has 6 amide bonds. The third-order valence-electron chi connectivity index (χ3n) is 11.7. The molecule has 0 radical (unpaired) electrons. The van der Waals surface area contributed by atoms with E-state index in [0.29, 0.717) is 70.1 Å². The molecule has 16 nitrogen and oxygen atoms in total. The summed E-state index contributed by atoms with van der Waals surface area (Å²) in [6.45, 7) is 15.1. The van der Waals surface area contributed by atoms with Crippen molar-refractivity contribution >= 4 is 58.4 Å². The smallest absolute Gasteiger partial charge is 0.290 e. The number of ether oxygens (including phenoxy) is 3. The maximum Gasteiger partial charge on any atom is 0.290 e. The number of imide groups is 1. The number of aryl methyl sites for hydroxylation is 1. The topological polar surface area (TPSA) is 214 Å². The minimum absolute atomic E-state index is 0.0171. The van der Waals surface area contributed by atoms with Gasteiger partial charge < -0.3 is 35.5 Å². The number of hydrogen-bond donors (Lipinski definition) is 5. The summed E-state index contributed by atoms with van der Waals surface area (Å²) in [6.07, 6.45) is 4.41. The average Bonchev–Trinajstić information content (AvgIpc) is 4.01. The van der Waals surface area contributed by atoms with Crippen molar-refractivity contribution in [1.29, 1.82) is 0 Å². The molecule has 3 aromatic rings. The minimum atomic E-state index is -1.03. The molecule has 3 aromatic carbocycles. The van der Waals surface area contributed by atoms with Gasteiger partial charge in [-0.3, -0.25) is 43.8 Å². The van der Waals surface area contributed by atoms with Gasteiger partial charge in [-0.05, 0) is 97.5 Å². The zero-order chi connectivity index (χ0) is 50.6. The Balaban J connectivity index is 0.000000422. The number of epoxide rings is 1. The van der Waals surface area contributed by atoms with E-state index in [1.165, 1.54) is 0 Å². The van der Waals surface area contributed by atoms with Crippen LogP contribution < -0.4 is 31.3 Å². The monoisotopic (exact) mass is 982 g/mol. The van der Waals surface area contributed by atoms with E-state index in [1.54, 1.807) is 13.0 Å². The van der Waals surface area contributed by atoms with Crippen LogP contribution in [0.5, 0.6) is 5.75 Å². The Hall–Kier alpha value is -5.88. The van der Waals surface area contributed by atoms with Crippen LogP contribution in [0.3, 0.4) is 0 Å². The second kappa shape index (κ2) is 27.5. The Morgan fingerprint density at radius 1 is 0.757 bits per heavy atom. The lowest BCUT2D eigenvalue weighted by Crippen LogP contribution is -2.59. The Morgan fingerprint density at radius 2 is 1.31 bits per heavy atom. The van der Waals surface area contributed by atoms with Crippen LogP contribution in [0.25, 0.3) is 6.08 Å². The molecular weight excluding hydrogens is 913 g/mol. The molecular formula is C53H70N6O10S. The van der Waals surface area contributed by atoms with E-state index in [4.69, 9.17) is 14.2 Å². The van der Waals surface area contributed by atoms with Gasteiger partial charge in [-0.15, -0.1) is 0 Å². The number of hydrogen-bond acceptors (Lipinski definition) is 12. The quantitative estimate of drug-likeness (QED) is 0.0566. The van der Waals surface area contributed by atoms with Crippen molar-refractivity contribution in [3.05, 3.63) is 107 Å². The first-order chi connectivity index (χ1) is 33.5. The summed E-state index contributed by atoms with van der Waals surface area (Å²) in [4.78, 5) is 93.2. The van der Waals surface area contributed by atoms with E-state index in [-0.39, 0.29) is 47.6 Å². The van der Waals surface area contributed by atoms with E-state index in [9.17, 15) is 33.6 Å². The summed E-state index contributed by atoms with van der Waals surface area (Å²) < 4.78 is 16.3. The van der Waals surface area contributed by atoms with Crippen molar-refractivity contribution in [3.63, 3.8) is 0 Å². The number of carbonyl (C=O) groups excluding carboxylic acids is 7. The number of nitrogens with one attached hydrogen (secondary N) is 5. The lowest BCUT2D eigenvalue weighted by atomic mass is 9.93. The van der Waals surface area contributed by atoms with Crippen LogP contribution in [0, 0.1) is 11.8 Å². The van der Waals surface area contributed by atoms with Gasteiger partial charge in [-0.2, -0.15) is 0 Å². The molecule has 0 saturated carbocycles. The van der Waals surface area contributed by atoms with Crippen molar-refractivity contribution in [2.45, 2.75) is 110 Å². The summed E-state index contributed by atoms with van der Waals surface area (Å²) in [5.74, 6) is -1.37. The number of amides is 6. The van der Waals surface area contributed by atoms with E-state index in [0.717, 1.165) is 40.6 Å². The van der Waals surface area contributed by atoms with Crippen LogP contribution in [0.1, 0.15) is 83.9 Å². The molecule has 3 aliphatic heterocycles. The zero-order valence-corrected chi connectivity index (χ0v) is 42.1. The lowest BCUT2D eigenvalue weighted by Gasteiger charge is -2.29. The SMILES string of the molecule is CC(C)C[C@H](NC(=O)[C@H](CCc1ccccc1)NC(=O)CN1CCOCC1)C(=O)N[C@@H](Cc1ccccc1)C(=O)N[C@@H](CC(C)C)C(=O)[C@@]1(C)CO1.CCCOc1ccc(/C=C2\SC(=O)NC2=O)cc1. The van der Waals surface area contributed by atoms with E-state index in [2.05, 4.69) is 26.6 Å². The maximum atomic E-state index is 14.1.